The molecule has 94 valence electrons. The number of benzene rings is 1. The molecule has 4 heteroatoms. The lowest BCUT2D eigenvalue weighted by atomic mass is 10.1. The fourth-order valence-electron chi connectivity index (χ4n) is 2.33. The van der Waals surface area contributed by atoms with Crippen molar-refractivity contribution in [3.8, 4) is 5.69 Å². The Morgan fingerprint density at radius 3 is 2.61 bits per heavy atom. The molecule has 1 aromatic heterocycles. The first-order valence-corrected chi connectivity index (χ1v) is 6.49. The molecule has 0 aliphatic carbocycles. The molecule has 0 spiro atoms. The number of hydrogen-bond acceptors (Lipinski definition) is 3. The minimum Gasteiger partial charge on any atom is -0.382 e. The smallest absolute Gasteiger partial charge is 0.0647 e. The molecule has 3 rings (SSSR count). The molecule has 0 atom stereocenters. The fourth-order valence-corrected chi connectivity index (χ4v) is 2.33. The van der Waals surface area contributed by atoms with E-state index < -0.39 is 0 Å². The van der Waals surface area contributed by atoms with Gasteiger partial charge in [-0.05, 0) is 56.3 Å². The third-order valence-corrected chi connectivity index (χ3v) is 3.35. The van der Waals surface area contributed by atoms with Gasteiger partial charge < -0.3 is 10.6 Å². The van der Waals surface area contributed by atoms with Gasteiger partial charge in [0, 0.05) is 24.1 Å². The normalized spacial score (nSPS) is 16.7. The van der Waals surface area contributed by atoms with Crippen molar-refractivity contribution in [1.29, 1.82) is 0 Å². The molecular weight excluding hydrogens is 224 g/mol. The van der Waals surface area contributed by atoms with Crippen LogP contribution in [0.15, 0.2) is 42.7 Å². The Morgan fingerprint density at radius 1 is 1.17 bits per heavy atom. The van der Waals surface area contributed by atoms with E-state index in [1.807, 2.05) is 16.9 Å². The van der Waals surface area contributed by atoms with Crippen LogP contribution in [0.1, 0.15) is 12.8 Å². The second-order valence-corrected chi connectivity index (χ2v) is 4.67. The van der Waals surface area contributed by atoms with Crippen molar-refractivity contribution in [3.63, 3.8) is 0 Å². The zero-order valence-electron chi connectivity index (χ0n) is 10.3. The molecule has 1 fully saturated rings. The number of hydrogen-bond donors (Lipinski definition) is 2. The van der Waals surface area contributed by atoms with Gasteiger partial charge in [0.05, 0.1) is 5.69 Å². The van der Waals surface area contributed by atoms with Gasteiger partial charge in [0.15, 0.2) is 0 Å². The molecule has 0 radical (unpaired) electrons. The minimum atomic E-state index is 0.599. The van der Waals surface area contributed by atoms with Crippen molar-refractivity contribution in [2.24, 2.45) is 0 Å². The fraction of sp³-hybridized carbons (Fsp3) is 0.357. The standard InChI is InChI=1S/C14H18N4/c1-8-16-18(11-1)14-4-2-12(3-5-14)17-13-6-9-15-10-7-13/h1-5,8,11,13,15,17H,6-7,9-10H2. The van der Waals surface area contributed by atoms with E-state index in [0.717, 1.165) is 18.8 Å². The molecule has 0 bridgehead atoms. The second kappa shape index (κ2) is 5.23. The van der Waals surface area contributed by atoms with Gasteiger partial charge in [0.2, 0.25) is 0 Å². The van der Waals surface area contributed by atoms with E-state index in [2.05, 4.69) is 40.0 Å². The average molecular weight is 242 g/mol. The van der Waals surface area contributed by atoms with Gasteiger partial charge in [-0.25, -0.2) is 4.68 Å². The van der Waals surface area contributed by atoms with Gasteiger partial charge in [-0.15, -0.1) is 0 Å². The number of nitrogens with zero attached hydrogens (tertiary/aromatic N) is 2. The third-order valence-electron chi connectivity index (χ3n) is 3.35. The number of aromatic nitrogens is 2. The molecule has 18 heavy (non-hydrogen) atoms. The van der Waals surface area contributed by atoms with Crippen LogP contribution in [-0.4, -0.2) is 28.9 Å². The molecule has 1 aliphatic rings. The van der Waals surface area contributed by atoms with Crippen LogP contribution in [0.5, 0.6) is 0 Å². The molecule has 2 heterocycles. The van der Waals surface area contributed by atoms with E-state index >= 15 is 0 Å². The van der Waals surface area contributed by atoms with E-state index in [0.29, 0.717) is 6.04 Å². The second-order valence-electron chi connectivity index (χ2n) is 4.67. The SMILES string of the molecule is c1cnn(-c2ccc(NC3CCNCC3)cc2)c1. The quantitative estimate of drug-likeness (QED) is 0.865. The maximum Gasteiger partial charge on any atom is 0.0647 e. The summed E-state index contributed by atoms with van der Waals surface area (Å²) >= 11 is 0. The first-order chi connectivity index (χ1) is 8.92. The van der Waals surface area contributed by atoms with E-state index in [4.69, 9.17) is 0 Å². The zero-order valence-corrected chi connectivity index (χ0v) is 10.3. The number of piperidine rings is 1. The Morgan fingerprint density at radius 2 is 1.94 bits per heavy atom. The zero-order chi connectivity index (χ0) is 12.2. The minimum absolute atomic E-state index is 0.599. The van der Waals surface area contributed by atoms with Crippen LogP contribution in [0.4, 0.5) is 5.69 Å². The molecule has 0 unspecified atom stereocenters. The first-order valence-electron chi connectivity index (χ1n) is 6.49. The predicted octanol–water partition coefficient (Wildman–Crippen LogP) is 2.04. The lowest BCUT2D eigenvalue weighted by Gasteiger charge is -2.24. The first kappa shape index (κ1) is 11.3. The third kappa shape index (κ3) is 2.54. The summed E-state index contributed by atoms with van der Waals surface area (Å²) in [6, 6.07) is 11.0. The molecule has 2 aromatic rings. The summed E-state index contributed by atoms with van der Waals surface area (Å²) in [5.41, 5.74) is 2.29. The van der Waals surface area contributed by atoms with Gasteiger partial charge >= 0.3 is 0 Å². The summed E-state index contributed by atoms with van der Waals surface area (Å²) in [7, 11) is 0. The summed E-state index contributed by atoms with van der Waals surface area (Å²) in [4.78, 5) is 0. The van der Waals surface area contributed by atoms with Crippen molar-refractivity contribution < 1.29 is 0 Å². The highest BCUT2D eigenvalue weighted by molar-refractivity contribution is 5.49. The molecule has 1 aromatic carbocycles. The molecule has 0 amide bonds. The van der Waals surface area contributed by atoms with E-state index in [1.165, 1.54) is 18.5 Å². The molecule has 2 N–H and O–H groups in total. The van der Waals surface area contributed by atoms with Crippen molar-refractivity contribution in [1.82, 2.24) is 15.1 Å². The topological polar surface area (TPSA) is 41.9 Å². The number of rotatable bonds is 3. The van der Waals surface area contributed by atoms with Crippen LogP contribution >= 0.6 is 0 Å². The van der Waals surface area contributed by atoms with Crippen LogP contribution in [0.25, 0.3) is 5.69 Å². The van der Waals surface area contributed by atoms with Gasteiger partial charge in [0.25, 0.3) is 0 Å². The highest BCUT2D eigenvalue weighted by Crippen LogP contribution is 2.16. The summed E-state index contributed by atoms with van der Waals surface area (Å²) in [5, 5.41) is 11.2. The molecule has 1 aliphatic heterocycles. The Balaban J connectivity index is 1.67. The monoisotopic (exact) mass is 242 g/mol. The maximum absolute atomic E-state index is 4.22. The number of anilines is 1. The lowest BCUT2D eigenvalue weighted by Crippen LogP contribution is -2.35. The van der Waals surface area contributed by atoms with Crippen LogP contribution in [-0.2, 0) is 0 Å². The molecule has 1 saturated heterocycles. The van der Waals surface area contributed by atoms with Gasteiger partial charge in [-0.1, -0.05) is 0 Å². The van der Waals surface area contributed by atoms with Gasteiger partial charge in [0.1, 0.15) is 0 Å². The Labute approximate surface area is 107 Å². The largest absolute Gasteiger partial charge is 0.382 e. The van der Waals surface area contributed by atoms with E-state index in [-0.39, 0.29) is 0 Å². The summed E-state index contributed by atoms with van der Waals surface area (Å²) in [6.07, 6.45) is 6.14. The molecule has 4 nitrogen and oxygen atoms in total. The van der Waals surface area contributed by atoms with Crippen molar-refractivity contribution in [2.75, 3.05) is 18.4 Å². The highest BCUT2D eigenvalue weighted by atomic mass is 15.3. The summed E-state index contributed by atoms with van der Waals surface area (Å²) in [5.74, 6) is 0. The Kier molecular flexibility index (Phi) is 3.28. The van der Waals surface area contributed by atoms with Crippen molar-refractivity contribution >= 4 is 5.69 Å². The predicted molar refractivity (Wildman–Crippen MR) is 73.1 cm³/mol. The molecule has 0 saturated carbocycles. The van der Waals surface area contributed by atoms with E-state index in [1.54, 1.807) is 6.20 Å². The van der Waals surface area contributed by atoms with Crippen LogP contribution < -0.4 is 10.6 Å². The van der Waals surface area contributed by atoms with Gasteiger partial charge in [-0.3, -0.25) is 0 Å². The van der Waals surface area contributed by atoms with Crippen molar-refractivity contribution in [2.45, 2.75) is 18.9 Å². The highest BCUT2D eigenvalue weighted by Gasteiger charge is 2.12. The maximum atomic E-state index is 4.22. The Hall–Kier alpha value is -1.81. The lowest BCUT2D eigenvalue weighted by molar-refractivity contribution is 0.479. The summed E-state index contributed by atoms with van der Waals surface area (Å²) < 4.78 is 1.87. The Bertz CT molecular complexity index is 469. The summed E-state index contributed by atoms with van der Waals surface area (Å²) in [6.45, 7) is 2.23. The van der Waals surface area contributed by atoms with Crippen LogP contribution in [0, 0.1) is 0 Å². The molecular formula is C14H18N4. The van der Waals surface area contributed by atoms with E-state index in [9.17, 15) is 0 Å². The van der Waals surface area contributed by atoms with Crippen LogP contribution in [0.2, 0.25) is 0 Å². The van der Waals surface area contributed by atoms with Gasteiger partial charge in [-0.2, -0.15) is 5.10 Å². The van der Waals surface area contributed by atoms with Crippen molar-refractivity contribution in [3.05, 3.63) is 42.7 Å². The van der Waals surface area contributed by atoms with Crippen LogP contribution in [0.3, 0.4) is 0 Å². The average Bonchev–Trinajstić information content (AvgIpc) is 2.95. The number of nitrogens with one attached hydrogen (secondary N) is 2.